The van der Waals surface area contributed by atoms with Gasteiger partial charge in [-0.15, -0.1) is 0 Å². The van der Waals surface area contributed by atoms with Gasteiger partial charge in [0.2, 0.25) is 0 Å². The number of rotatable bonds is 2. The van der Waals surface area contributed by atoms with Crippen LogP contribution in [0.3, 0.4) is 0 Å². The third-order valence-corrected chi connectivity index (χ3v) is 1.31. The van der Waals surface area contributed by atoms with Gasteiger partial charge in [-0.05, 0) is 25.5 Å². The molecule has 1 rings (SSSR count). The van der Waals surface area contributed by atoms with E-state index < -0.39 is 0 Å². The molecule has 0 bridgehead atoms. The Morgan fingerprint density at radius 3 is 2.40 bits per heavy atom. The first kappa shape index (κ1) is 7.07. The van der Waals surface area contributed by atoms with Gasteiger partial charge in [0.1, 0.15) is 0 Å². The van der Waals surface area contributed by atoms with Crippen molar-refractivity contribution in [3.8, 4) is 0 Å². The van der Waals surface area contributed by atoms with Crippen molar-refractivity contribution in [1.29, 1.82) is 0 Å². The van der Waals surface area contributed by atoms with Crippen LogP contribution in [0, 0.1) is 6.58 Å². The lowest BCUT2D eigenvalue weighted by molar-refractivity contribution is 1.15. The summed E-state index contributed by atoms with van der Waals surface area (Å²) in [5.41, 5.74) is 1.93. The zero-order valence-corrected chi connectivity index (χ0v) is 6.09. The van der Waals surface area contributed by atoms with Gasteiger partial charge in [0.15, 0.2) is 0 Å². The van der Waals surface area contributed by atoms with Crippen LogP contribution in [-0.2, 0) is 6.42 Å². The lowest BCUT2D eigenvalue weighted by Crippen LogP contribution is -1.82. The number of hydrogen-bond donors (Lipinski definition) is 0. The zero-order chi connectivity index (χ0) is 7.40. The highest BCUT2D eigenvalue weighted by atomic mass is 13.9. The fraction of sp³-hybridized carbons (Fsp3) is 0.200. The van der Waals surface area contributed by atoms with E-state index in [2.05, 4.69) is 0 Å². The first-order valence-corrected chi connectivity index (χ1v) is 3.37. The van der Waals surface area contributed by atoms with Gasteiger partial charge in [0, 0.05) is 0 Å². The molecular weight excluding hydrogens is 120 g/mol. The molecule has 0 heterocycles. The van der Waals surface area contributed by atoms with Gasteiger partial charge in [0.25, 0.3) is 0 Å². The summed E-state index contributed by atoms with van der Waals surface area (Å²) < 4.78 is 0. The third-order valence-electron chi connectivity index (χ3n) is 1.31. The Morgan fingerprint density at radius 2 is 1.90 bits per heavy atom. The second kappa shape index (κ2) is 3.21. The minimum absolute atomic E-state index is 0.714. The molecule has 50 valence electrons. The Bertz CT molecular complexity index is 209. The maximum atomic E-state index is 7.23. The summed E-state index contributed by atoms with van der Waals surface area (Å²) in [6.45, 7) is 9.06. The van der Waals surface area contributed by atoms with E-state index in [1.807, 2.05) is 37.3 Å². The molecule has 0 aromatic heterocycles. The van der Waals surface area contributed by atoms with Crippen LogP contribution in [0.1, 0.15) is 12.5 Å². The van der Waals surface area contributed by atoms with Crippen molar-refractivity contribution in [2.75, 3.05) is 0 Å². The fourth-order valence-electron chi connectivity index (χ4n) is 0.902. The molecule has 0 saturated heterocycles. The van der Waals surface area contributed by atoms with Gasteiger partial charge in [-0.3, -0.25) is 0 Å². The molecule has 0 atom stereocenters. The Labute approximate surface area is 62.2 Å². The molecule has 0 aliphatic rings. The SMILES string of the molecule is [C]=C(C)Cc1ccccc1. The summed E-state index contributed by atoms with van der Waals surface area (Å²) in [7, 11) is 0. The van der Waals surface area contributed by atoms with Crippen molar-refractivity contribution in [2.45, 2.75) is 13.3 Å². The average Bonchev–Trinajstić information content (AvgIpc) is 1.88. The maximum absolute atomic E-state index is 7.23. The van der Waals surface area contributed by atoms with E-state index >= 15 is 0 Å². The normalized spacial score (nSPS) is 9.30. The second-order valence-electron chi connectivity index (χ2n) is 2.44. The van der Waals surface area contributed by atoms with Crippen LogP contribution >= 0.6 is 0 Å². The molecule has 0 heteroatoms. The van der Waals surface area contributed by atoms with Crippen molar-refractivity contribution >= 4 is 0 Å². The third kappa shape index (κ3) is 2.06. The van der Waals surface area contributed by atoms with E-state index in [9.17, 15) is 0 Å². The number of hydrogen-bond acceptors (Lipinski definition) is 0. The zero-order valence-electron chi connectivity index (χ0n) is 6.09. The second-order valence-corrected chi connectivity index (χ2v) is 2.44. The van der Waals surface area contributed by atoms with E-state index in [1.165, 1.54) is 5.56 Å². The highest BCUT2D eigenvalue weighted by Gasteiger charge is 1.89. The van der Waals surface area contributed by atoms with Crippen LogP contribution in [0.15, 0.2) is 35.9 Å². The van der Waals surface area contributed by atoms with Crippen LogP contribution in [0.25, 0.3) is 0 Å². The lowest BCUT2D eigenvalue weighted by Gasteiger charge is -1.96. The summed E-state index contributed by atoms with van der Waals surface area (Å²) >= 11 is 0. The van der Waals surface area contributed by atoms with E-state index in [0.717, 1.165) is 6.42 Å². The van der Waals surface area contributed by atoms with Gasteiger partial charge in [-0.1, -0.05) is 35.9 Å². The van der Waals surface area contributed by atoms with Gasteiger partial charge in [-0.2, -0.15) is 0 Å². The Morgan fingerprint density at radius 1 is 1.30 bits per heavy atom. The molecule has 2 radical (unpaired) electrons. The molecule has 0 N–H and O–H groups in total. The monoisotopic (exact) mass is 130 g/mol. The minimum atomic E-state index is 0.714. The smallest absolute Gasteiger partial charge is 0.00604 e. The van der Waals surface area contributed by atoms with Crippen molar-refractivity contribution < 1.29 is 0 Å². The Kier molecular flexibility index (Phi) is 2.27. The summed E-state index contributed by atoms with van der Waals surface area (Å²) in [5.74, 6) is 0. The molecule has 1 aromatic carbocycles. The molecular formula is C10H10. The quantitative estimate of drug-likeness (QED) is 0.577. The van der Waals surface area contributed by atoms with Crippen molar-refractivity contribution in [3.05, 3.63) is 48.0 Å². The molecule has 0 aliphatic carbocycles. The van der Waals surface area contributed by atoms with Crippen molar-refractivity contribution in [2.24, 2.45) is 0 Å². The van der Waals surface area contributed by atoms with Gasteiger partial charge < -0.3 is 0 Å². The van der Waals surface area contributed by atoms with E-state index in [1.54, 1.807) is 0 Å². The van der Waals surface area contributed by atoms with Gasteiger partial charge in [0.05, 0.1) is 0 Å². The largest absolute Gasteiger partial charge is 0.0622 e. The highest BCUT2D eigenvalue weighted by Crippen LogP contribution is 2.03. The number of benzene rings is 1. The topological polar surface area (TPSA) is 0 Å². The summed E-state index contributed by atoms with van der Waals surface area (Å²) in [4.78, 5) is 0. The molecule has 0 unspecified atom stereocenters. The molecule has 0 fully saturated rings. The van der Waals surface area contributed by atoms with Crippen LogP contribution in [0.5, 0.6) is 0 Å². The molecule has 0 saturated carbocycles. The van der Waals surface area contributed by atoms with Crippen LogP contribution in [0.4, 0.5) is 0 Å². The van der Waals surface area contributed by atoms with Crippen LogP contribution in [-0.4, -0.2) is 0 Å². The maximum Gasteiger partial charge on any atom is -0.00604 e. The number of allylic oxidation sites excluding steroid dienone is 1. The summed E-state index contributed by atoms with van der Waals surface area (Å²) in [6, 6.07) is 10.1. The van der Waals surface area contributed by atoms with Crippen LogP contribution < -0.4 is 0 Å². The first-order chi connectivity index (χ1) is 4.79. The molecule has 10 heavy (non-hydrogen) atoms. The van der Waals surface area contributed by atoms with E-state index in [-0.39, 0.29) is 0 Å². The molecule has 1 aromatic rings. The summed E-state index contributed by atoms with van der Waals surface area (Å²) in [5, 5.41) is 0. The standard InChI is InChI=1S/C10H10/c1-9(2)8-10-6-4-3-5-7-10/h3-7H,8H2,1H3. The van der Waals surface area contributed by atoms with E-state index in [0.29, 0.717) is 5.57 Å². The van der Waals surface area contributed by atoms with Crippen LogP contribution in [0.2, 0.25) is 0 Å². The first-order valence-electron chi connectivity index (χ1n) is 3.37. The Hall–Kier alpha value is -1.04. The van der Waals surface area contributed by atoms with E-state index in [4.69, 9.17) is 6.58 Å². The minimum Gasteiger partial charge on any atom is -0.0622 e. The van der Waals surface area contributed by atoms with Gasteiger partial charge in [-0.25, -0.2) is 0 Å². The highest BCUT2D eigenvalue weighted by molar-refractivity contribution is 5.18. The molecule has 0 nitrogen and oxygen atoms in total. The fourth-order valence-corrected chi connectivity index (χ4v) is 0.902. The lowest BCUT2D eigenvalue weighted by atomic mass is 10.1. The van der Waals surface area contributed by atoms with Crippen molar-refractivity contribution in [1.82, 2.24) is 0 Å². The summed E-state index contributed by atoms with van der Waals surface area (Å²) in [6.07, 6.45) is 0.779. The van der Waals surface area contributed by atoms with Gasteiger partial charge >= 0.3 is 0 Å². The Balaban J connectivity index is 2.67. The molecule has 0 aliphatic heterocycles. The predicted molar refractivity (Wildman–Crippen MR) is 42.6 cm³/mol. The van der Waals surface area contributed by atoms with Crippen molar-refractivity contribution in [3.63, 3.8) is 0 Å². The predicted octanol–water partition coefficient (Wildman–Crippen LogP) is 2.49. The molecule has 0 amide bonds. The molecule has 0 spiro atoms. The average molecular weight is 130 g/mol.